The van der Waals surface area contributed by atoms with Gasteiger partial charge in [0.2, 0.25) is 0 Å². The predicted molar refractivity (Wildman–Crippen MR) is 236 cm³/mol. The second-order valence-electron chi connectivity index (χ2n) is 16.6. The van der Waals surface area contributed by atoms with Crippen LogP contribution >= 0.6 is 0 Å². The Balaban J connectivity index is 0.000000581. The van der Waals surface area contributed by atoms with E-state index in [0.29, 0.717) is 60.5 Å². The zero-order chi connectivity index (χ0) is 43.0. The lowest BCUT2D eigenvalue weighted by Crippen LogP contribution is -2.19. The first-order valence-corrected chi connectivity index (χ1v) is 22.8. The van der Waals surface area contributed by atoms with Gasteiger partial charge in [0.1, 0.15) is 0 Å². The number of hydrogen-bond acceptors (Lipinski definition) is 8. The molecule has 0 spiro atoms. The van der Waals surface area contributed by atoms with Crippen LogP contribution in [-0.2, 0) is 18.9 Å². The third-order valence-electron chi connectivity index (χ3n) is 10.5. The maximum atomic E-state index is 12.6. The lowest BCUT2D eigenvalue weighted by Gasteiger charge is -2.17. The van der Waals surface area contributed by atoms with E-state index in [2.05, 4.69) is 55.4 Å². The molecule has 8 nitrogen and oxygen atoms in total. The van der Waals surface area contributed by atoms with E-state index in [1.54, 1.807) is 48.5 Å². The number of carbonyl (C=O) groups is 4. The van der Waals surface area contributed by atoms with E-state index in [1.807, 2.05) is 0 Å². The maximum Gasteiger partial charge on any atom is 0.339 e. The second-order valence-corrected chi connectivity index (χ2v) is 16.6. The summed E-state index contributed by atoms with van der Waals surface area (Å²) in [7, 11) is 0. The number of carbonyl (C=O) groups excluding carboxylic acids is 4. The van der Waals surface area contributed by atoms with Gasteiger partial charge in [-0.3, -0.25) is 0 Å². The van der Waals surface area contributed by atoms with Gasteiger partial charge in [-0.1, -0.05) is 170 Å². The molecule has 0 fully saturated rings. The Hall–Kier alpha value is -3.68. The van der Waals surface area contributed by atoms with E-state index in [0.717, 1.165) is 102 Å². The van der Waals surface area contributed by atoms with Gasteiger partial charge in [0.25, 0.3) is 0 Å². The largest absolute Gasteiger partial charge is 0.462 e. The van der Waals surface area contributed by atoms with E-state index in [1.165, 1.54) is 25.7 Å². The highest BCUT2D eigenvalue weighted by atomic mass is 16.5. The molecule has 0 aromatic heterocycles. The monoisotopic (exact) mass is 809 g/mol. The summed E-state index contributed by atoms with van der Waals surface area (Å²) in [4.78, 5) is 50.0. The standard InChI is InChI=1S/C26H42O4.C24H38O4/c1-21(2)15-9-5-7-13-19-29-25(27)23-17-11-12-18-24(23)26(28)30-20-14-8-6-10-16-22(3)4;1-5-9-13-19(7-3)17-27-23(25)21-15-11-12-16-22(21)24(26)28-18-20(8-4)14-10-6-2/h11-12,17-18,21-22H,5-10,13-16,19-20H2,1-4H3;11-12,15-16,19-20H,5-10,13-14,17-18H2,1-4H3. The fourth-order valence-corrected chi connectivity index (χ4v) is 6.52. The summed E-state index contributed by atoms with van der Waals surface area (Å²) in [6, 6.07) is 13.5. The van der Waals surface area contributed by atoms with Gasteiger partial charge in [-0.05, 0) is 73.6 Å². The SMILES string of the molecule is CC(C)CCCCCCOC(=O)c1ccccc1C(=O)OCCCCCCC(C)C.CCCCC(CC)COC(=O)c1ccccc1C(=O)OCC(CC)CCCC. The first-order chi connectivity index (χ1) is 28.0. The number of ether oxygens (including phenoxy) is 4. The third kappa shape index (κ3) is 23.7. The van der Waals surface area contributed by atoms with Crippen LogP contribution in [0.5, 0.6) is 0 Å². The molecule has 0 saturated heterocycles. The topological polar surface area (TPSA) is 105 Å². The molecule has 2 unspecified atom stereocenters. The second kappa shape index (κ2) is 33.2. The van der Waals surface area contributed by atoms with Gasteiger partial charge in [-0.15, -0.1) is 0 Å². The summed E-state index contributed by atoms with van der Waals surface area (Å²) in [6.45, 7) is 19.1. The number of hydrogen-bond donors (Lipinski definition) is 0. The average Bonchev–Trinajstić information content (AvgIpc) is 3.22. The molecule has 2 aromatic rings. The summed E-state index contributed by atoms with van der Waals surface area (Å²) >= 11 is 0. The van der Waals surface area contributed by atoms with Crippen LogP contribution < -0.4 is 0 Å². The molecule has 0 aliphatic heterocycles. The van der Waals surface area contributed by atoms with Gasteiger partial charge < -0.3 is 18.9 Å². The van der Waals surface area contributed by atoms with E-state index in [-0.39, 0.29) is 0 Å². The van der Waals surface area contributed by atoms with E-state index in [4.69, 9.17) is 18.9 Å². The normalized spacial score (nSPS) is 12.0. The van der Waals surface area contributed by atoms with Crippen LogP contribution in [0.15, 0.2) is 48.5 Å². The molecule has 0 heterocycles. The molecule has 2 atom stereocenters. The van der Waals surface area contributed by atoms with Crippen molar-refractivity contribution in [3.05, 3.63) is 70.8 Å². The van der Waals surface area contributed by atoms with Crippen molar-refractivity contribution >= 4 is 23.9 Å². The number of benzene rings is 2. The minimum absolute atomic E-state index is 0.291. The highest BCUT2D eigenvalue weighted by Gasteiger charge is 2.22. The minimum Gasteiger partial charge on any atom is -0.462 e. The molecule has 0 bridgehead atoms. The molecule has 8 heteroatoms. The van der Waals surface area contributed by atoms with Gasteiger partial charge in [-0.25, -0.2) is 19.2 Å². The molecule has 58 heavy (non-hydrogen) atoms. The molecular weight excluding hydrogens is 729 g/mol. The van der Waals surface area contributed by atoms with Crippen molar-refractivity contribution in [3.8, 4) is 0 Å². The van der Waals surface area contributed by atoms with Crippen LogP contribution in [0.3, 0.4) is 0 Å². The zero-order valence-electron chi connectivity index (χ0n) is 37.8. The van der Waals surface area contributed by atoms with Crippen molar-refractivity contribution in [2.75, 3.05) is 26.4 Å². The molecule has 0 aliphatic rings. The Kier molecular flexibility index (Phi) is 29.9. The van der Waals surface area contributed by atoms with Crippen molar-refractivity contribution in [2.24, 2.45) is 23.7 Å². The van der Waals surface area contributed by atoms with E-state index >= 15 is 0 Å². The summed E-state index contributed by atoms with van der Waals surface area (Å²) in [5.41, 5.74) is 1.16. The number of esters is 4. The fourth-order valence-electron chi connectivity index (χ4n) is 6.52. The first kappa shape index (κ1) is 52.3. The first-order valence-electron chi connectivity index (χ1n) is 22.8. The van der Waals surface area contributed by atoms with Gasteiger partial charge in [0, 0.05) is 0 Å². The van der Waals surface area contributed by atoms with Crippen molar-refractivity contribution in [2.45, 2.75) is 171 Å². The van der Waals surface area contributed by atoms with Crippen molar-refractivity contribution in [1.29, 1.82) is 0 Å². The van der Waals surface area contributed by atoms with Crippen LogP contribution in [0.2, 0.25) is 0 Å². The third-order valence-corrected chi connectivity index (χ3v) is 10.5. The van der Waals surface area contributed by atoms with E-state index < -0.39 is 23.9 Å². The molecule has 0 saturated carbocycles. The van der Waals surface area contributed by atoms with Crippen molar-refractivity contribution < 1.29 is 38.1 Å². The Labute approximate surface area is 352 Å². The molecule has 2 aromatic carbocycles. The summed E-state index contributed by atoms with van der Waals surface area (Å²) in [5.74, 6) is 0.435. The predicted octanol–water partition coefficient (Wildman–Crippen LogP) is 13.6. The van der Waals surface area contributed by atoms with Crippen LogP contribution in [0.25, 0.3) is 0 Å². The molecule has 0 aliphatic carbocycles. The maximum absolute atomic E-state index is 12.6. The molecule has 0 radical (unpaired) electrons. The molecule has 0 N–H and O–H groups in total. The lowest BCUT2D eigenvalue weighted by molar-refractivity contribution is 0.0381. The minimum atomic E-state index is -0.446. The number of unbranched alkanes of at least 4 members (excludes halogenated alkanes) is 8. The molecule has 2 rings (SSSR count). The van der Waals surface area contributed by atoms with Crippen LogP contribution in [-0.4, -0.2) is 50.3 Å². The van der Waals surface area contributed by atoms with Gasteiger partial charge in [0.15, 0.2) is 0 Å². The zero-order valence-corrected chi connectivity index (χ0v) is 37.8. The average molecular weight is 809 g/mol. The highest BCUT2D eigenvalue weighted by molar-refractivity contribution is 6.03. The molecule has 328 valence electrons. The summed E-state index contributed by atoms with van der Waals surface area (Å²) in [5, 5.41) is 0. The lowest BCUT2D eigenvalue weighted by atomic mass is 10.0. The van der Waals surface area contributed by atoms with Crippen molar-refractivity contribution in [1.82, 2.24) is 0 Å². The fraction of sp³-hybridized carbons (Fsp3) is 0.680. The number of rotatable bonds is 30. The smallest absolute Gasteiger partial charge is 0.339 e. The quantitative estimate of drug-likeness (QED) is 0.0436. The van der Waals surface area contributed by atoms with Gasteiger partial charge in [-0.2, -0.15) is 0 Å². The Morgan fingerprint density at radius 3 is 1.02 bits per heavy atom. The molecule has 0 amide bonds. The Bertz CT molecular complexity index is 1300. The van der Waals surface area contributed by atoms with Crippen LogP contribution in [0, 0.1) is 23.7 Å². The van der Waals surface area contributed by atoms with Gasteiger partial charge in [0.05, 0.1) is 48.7 Å². The van der Waals surface area contributed by atoms with Gasteiger partial charge >= 0.3 is 23.9 Å². The molecular formula is C50H80O8. The highest BCUT2D eigenvalue weighted by Crippen LogP contribution is 2.19. The summed E-state index contributed by atoms with van der Waals surface area (Å²) < 4.78 is 21.8. The van der Waals surface area contributed by atoms with Crippen LogP contribution in [0.1, 0.15) is 212 Å². The van der Waals surface area contributed by atoms with Crippen molar-refractivity contribution in [3.63, 3.8) is 0 Å². The van der Waals surface area contributed by atoms with Crippen LogP contribution in [0.4, 0.5) is 0 Å². The Morgan fingerprint density at radius 2 is 0.724 bits per heavy atom. The van der Waals surface area contributed by atoms with E-state index in [9.17, 15) is 19.2 Å². The Morgan fingerprint density at radius 1 is 0.414 bits per heavy atom. The summed E-state index contributed by atoms with van der Waals surface area (Å²) in [6.07, 6.45) is 19.7.